The third kappa shape index (κ3) is 5.58. The fourth-order valence-electron chi connectivity index (χ4n) is 6.03. The van der Waals surface area contributed by atoms with Gasteiger partial charge in [-0.15, -0.1) is 0 Å². The molecule has 2 saturated heterocycles. The first-order valence-corrected chi connectivity index (χ1v) is 14.3. The van der Waals surface area contributed by atoms with Crippen molar-refractivity contribution in [1.82, 2.24) is 4.57 Å². The number of hydrogen-bond acceptors (Lipinski definition) is 9. The molecule has 0 radical (unpaired) electrons. The van der Waals surface area contributed by atoms with E-state index in [9.17, 15) is 48.3 Å². The number of aliphatic hydroxyl groups is 3. The normalized spacial score (nSPS) is 23.8. The van der Waals surface area contributed by atoms with Crippen LogP contribution in [-0.4, -0.2) is 86.0 Å². The monoisotopic (exact) mass is 643 g/mol. The number of aliphatic hydroxyl groups excluding tert-OH is 3. The molecule has 46 heavy (non-hydrogen) atoms. The van der Waals surface area contributed by atoms with Crippen LogP contribution in [-0.2, 0) is 19.0 Å². The van der Waals surface area contributed by atoms with Crippen LogP contribution in [0.4, 0.5) is 13.2 Å². The van der Waals surface area contributed by atoms with Crippen LogP contribution in [0.5, 0.6) is 5.75 Å². The largest absolute Gasteiger partial charge is 0.507 e. The number of fused-ring (bicyclic) bond motifs is 1. The summed E-state index contributed by atoms with van der Waals surface area (Å²) in [5.41, 5.74) is 1.81. The Balaban J connectivity index is 1.43. The van der Waals surface area contributed by atoms with Crippen molar-refractivity contribution in [2.24, 2.45) is 0 Å². The zero-order valence-corrected chi connectivity index (χ0v) is 23.8. The Kier molecular flexibility index (Phi) is 8.48. The summed E-state index contributed by atoms with van der Waals surface area (Å²) in [7, 11) is 0. The Labute approximate surface area is 258 Å². The fraction of sp³-hybridized carbons (Fsp3) is 0.312. The molecule has 3 heterocycles. The first kappa shape index (κ1) is 31.5. The molecule has 11 nitrogen and oxygen atoms in total. The number of esters is 1. The number of carbonyl (C=O) groups is 2. The lowest BCUT2D eigenvalue weighted by Gasteiger charge is -2.37. The summed E-state index contributed by atoms with van der Waals surface area (Å²) >= 11 is 0. The van der Waals surface area contributed by atoms with Crippen LogP contribution in [0.2, 0.25) is 0 Å². The molecule has 14 heteroatoms. The van der Waals surface area contributed by atoms with E-state index in [0.717, 1.165) is 18.2 Å². The molecule has 0 spiro atoms. The van der Waals surface area contributed by atoms with E-state index in [1.807, 2.05) is 0 Å². The van der Waals surface area contributed by atoms with Crippen LogP contribution in [0.15, 0.2) is 54.6 Å². The van der Waals surface area contributed by atoms with Crippen molar-refractivity contribution in [3.63, 3.8) is 0 Å². The number of aromatic nitrogens is 1. The lowest BCUT2D eigenvalue weighted by molar-refractivity contribution is -0.278. The summed E-state index contributed by atoms with van der Waals surface area (Å²) in [4.78, 5) is 24.4. The average Bonchev–Trinajstić information content (AvgIpc) is 3.38. The molecular weight excluding hydrogens is 615 g/mol. The second kappa shape index (κ2) is 12.4. The number of rotatable bonds is 6. The molecule has 5 N–H and O–H groups in total. The number of benzene rings is 3. The maximum atomic E-state index is 14.7. The van der Waals surface area contributed by atoms with Gasteiger partial charge in [0.15, 0.2) is 17.7 Å². The van der Waals surface area contributed by atoms with Gasteiger partial charge in [-0.25, -0.2) is 22.8 Å². The first-order valence-electron chi connectivity index (χ1n) is 14.3. The van der Waals surface area contributed by atoms with Crippen LogP contribution in [0, 0.1) is 17.5 Å². The number of phenols is 1. The quantitative estimate of drug-likeness (QED) is 0.197. The fourth-order valence-corrected chi connectivity index (χ4v) is 6.03. The Bertz CT molecular complexity index is 1800. The molecule has 3 aromatic carbocycles. The minimum Gasteiger partial charge on any atom is -0.507 e. The highest BCUT2D eigenvalue weighted by molar-refractivity contribution is 6.04. The van der Waals surface area contributed by atoms with Gasteiger partial charge < -0.3 is 44.3 Å². The van der Waals surface area contributed by atoms with E-state index in [4.69, 9.17) is 14.2 Å². The Hall–Kier alpha value is -4.47. The Morgan fingerprint density at radius 2 is 1.57 bits per heavy atom. The highest BCUT2D eigenvalue weighted by atomic mass is 19.2. The zero-order chi connectivity index (χ0) is 32.9. The number of nitrogens with zero attached hydrogens (tertiary/aromatic N) is 1. The summed E-state index contributed by atoms with van der Waals surface area (Å²) in [6.45, 7) is 0.802. The number of ether oxygens (including phenoxy) is 3. The van der Waals surface area contributed by atoms with Gasteiger partial charge in [0.05, 0.1) is 16.5 Å². The van der Waals surface area contributed by atoms with Crippen LogP contribution >= 0.6 is 0 Å². The second-order valence-electron chi connectivity index (χ2n) is 11.1. The van der Waals surface area contributed by atoms with Gasteiger partial charge in [-0.1, -0.05) is 12.1 Å². The van der Waals surface area contributed by atoms with Crippen molar-refractivity contribution in [3.05, 3.63) is 83.3 Å². The average molecular weight is 644 g/mol. The molecular formula is C32H28F3NO10. The number of hydrogen-bond donors (Lipinski definition) is 5. The molecule has 2 aliphatic rings. The van der Waals surface area contributed by atoms with Crippen LogP contribution in [0.3, 0.4) is 0 Å². The van der Waals surface area contributed by atoms with Crippen LogP contribution in [0.25, 0.3) is 27.7 Å². The van der Waals surface area contributed by atoms with Crippen molar-refractivity contribution >= 4 is 22.8 Å². The van der Waals surface area contributed by atoms with E-state index >= 15 is 0 Å². The van der Waals surface area contributed by atoms with Crippen molar-refractivity contribution in [3.8, 4) is 22.6 Å². The summed E-state index contributed by atoms with van der Waals surface area (Å²) in [6, 6.07) is 11.1. The highest BCUT2D eigenvalue weighted by Gasteiger charge is 2.48. The van der Waals surface area contributed by atoms with Crippen molar-refractivity contribution in [2.75, 3.05) is 13.2 Å². The molecule has 4 aromatic rings. The van der Waals surface area contributed by atoms with Gasteiger partial charge in [-0.05, 0) is 48.7 Å². The van der Waals surface area contributed by atoms with Gasteiger partial charge in [-0.3, -0.25) is 0 Å². The standard InChI is InChI=1S/C32H28F3NO10/c33-17-11-21-24(22(37)12-17)23(25(15-7-9-44-10-8-15)36(21)18-5-6-19(34)20(35)13-18)14-1-3-16(4-2-14)31(43)46-32-28(40)26(38)27(39)29(45-32)30(41)42/h1-6,11-13,15,26-29,32,37-40H,7-10H2,(H,41,42)/t26-,27-,28+,29-,32?/m0/s1. The van der Waals surface area contributed by atoms with E-state index < -0.39 is 65.8 Å². The SMILES string of the molecule is O=C(OC1O[C@H](C(=O)O)[C@@H](O)[C@H](O)[C@H]1O)c1ccc(-c2c(C3CCOCC3)n(-c3ccc(F)c(F)c3)c3cc(F)cc(O)c23)cc1. The highest BCUT2D eigenvalue weighted by Crippen LogP contribution is 2.47. The van der Waals surface area contributed by atoms with Crippen molar-refractivity contribution < 1.29 is 62.5 Å². The summed E-state index contributed by atoms with van der Waals surface area (Å²) in [6.07, 6.45) is -8.70. The topological polar surface area (TPSA) is 168 Å². The first-order chi connectivity index (χ1) is 22.0. The van der Waals surface area contributed by atoms with E-state index in [1.54, 1.807) is 4.57 Å². The molecule has 5 atom stereocenters. The molecule has 0 amide bonds. The molecule has 2 aliphatic heterocycles. The van der Waals surface area contributed by atoms with Crippen LogP contribution < -0.4 is 0 Å². The second-order valence-corrected chi connectivity index (χ2v) is 11.1. The lowest BCUT2D eigenvalue weighted by Crippen LogP contribution is -2.60. The maximum Gasteiger partial charge on any atom is 0.340 e. The summed E-state index contributed by atoms with van der Waals surface area (Å²) < 4.78 is 60.4. The molecule has 0 aliphatic carbocycles. The van der Waals surface area contributed by atoms with Gasteiger partial charge in [0.2, 0.25) is 6.29 Å². The van der Waals surface area contributed by atoms with Gasteiger partial charge in [0, 0.05) is 48.2 Å². The minimum atomic E-state index is -1.97. The van der Waals surface area contributed by atoms with Gasteiger partial charge in [-0.2, -0.15) is 0 Å². The molecule has 242 valence electrons. The zero-order valence-electron chi connectivity index (χ0n) is 23.8. The molecule has 1 aromatic heterocycles. The maximum absolute atomic E-state index is 14.7. The third-order valence-electron chi connectivity index (χ3n) is 8.26. The van der Waals surface area contributed by atoms with E-state index in [2.05, 4.69) is 0 Å². The number of aromatic hydroxyl groups is 1. The van der Waals surface area contributed by atoms with E-state index in [1.165, 1.54) is 36.4 Å². The van der Waals surface area contributed by atoms with E-state index in [0.29, 0.717) is 42.9 Å². The molecule has 6 rings (SSSR count). The molecule has 0 bridgehead atoms. The number of carbonyl (C=O) groups excluding carboxylic acids is 1. The van der Waals surface area contributed by atoms with Crippen molar-refractivity contribution in [2.45, 2.75) is 49.5 Å². The number of carboxylic acids is 1. The van der Waals surface area contributed by atoms with Crippen LogP contribution in [0.1, 0.15) is 34.8 Å². The van der Waals surface area contributed by atoms with Gasteiger partial charge >= 0.3 is 11.9 Å². The Morgan fingerprint density at radius 1 is 0.870 bits per heavy atom. The van der Waals surface area contributed by atoms with Gasteiger partial charge in [0.25, 0.3) is 0 Å². The molecule has 0 saturated carbocycles. The number of phenolic OH excluding ortho intramolecular Hbond substituents is 1. The predicted molar refractivity (Wildman–Crippen MR) is 153 cm³/mol. The number of aliphatic carboxylic acids is 1. The van der Waals surface area contributed by atoms with Crippen molar-refractivity contribution in [1.29, 1.82) is 0 Å². The number of carboxylic acid groups (broad SMARTS) is 1. The third-order valence-corrected chi connectivity index (χ3v) is 8.26. The molecule has 1 unspecified atom stereocenters. The smallest absolute Gasteiger partial charge is 0.340 e. The predicted octanol–water partition coefficient (Wildman–Crippen LogP) is 3.36. The number of halogens is 3. The molecule has 2 fully saturated rings. The van der Waals surface area contributed by atoms with Gasteiger partial charge in [0.1, 0.15) is 29.9 Å². The lowest BCUT2D eigenvalue weighted by atomic mass is 9.89. The Morgan fingerprint density at radius 3 is 2.22 bits per heavy atom. The minimum absolute atomic E-state index is 0.0701. The summed E-state index contributed by atoms with van der Waals surface area (Å²) in [5.74, 6) is -6.27. The summed E-state index contributed by atoms with van der Waals surface area (Å²) in [5, 5.41) is 50.6. The van der Waals surface area contributed by atoms with E-state index in [-0.39, 0.29) is 28.1 Å².